The summed E-state index contributed by atoms with van der Waals surface area (Å²) in [5.41, 5.74) is 0. The summed E-state index contributed by atoms with van der Waals surface area (Å²) < 4.78 is 10.8. The van der Waals surface area contributed by atoms with E-state index in [9.17, 15) is 4.57 Å². The van der Waals surface area contributed by atoms with E-state index in [1.165, 1.54) is 11.4 Å². The molecule has 0 fully saturated rings. The van der Waals surface area contributed by atoms with Crippen LogP contribution in [0.2, 0.25) is 0 Å². The molecule has 1 aromatic carbocycles. The molecule has 1 unspecified atom stereocenters. The smallest absolute Gasteiger partial charge is 0.129 e. The quantitative estimate of drug-likeness (QED) is 0.638. The van der Waals surface area contributed by atoms with E-state index >= 15 is 0 Å². The van der Waals surface area contributed by atoms with E-state index in [0.717, 1.165) is 4.90 Å². The van der Waals surface area contributed by atoms with E-state index in [1.807, 2.05) is 30.3 Å². The monoisotopic (exact) mass is 172 g/mol. The van der Waals surface area contributed by atoms with Crippen molar-refractivity contribution in [1.29, 1.82) is 0 Å². The van der Waals surface area contributed by atoms with Gasteiger partial charge in [-0.2, -0.15) is 0 Å². The van der Waals surface area contributed by atoms with Gasteiger partial charge in [0, 0.05) is 4.90 Å². The lowest BCUT2D eigenvalue weighted by molar-refractivity contribution is 0.599. The maximum Gasteiger partial charge on any atom is 0.129 e. The summed E-state index contributed by atoms with van der Waals surface area (Å²) in [5, 5.41) is 0. The van der Waals surface area contributed by atoms with Crippen molar-refractivity contribution < 1.29 is 4.57 Å². The van der Waals surface area contributed by atoms with Crippen LogP contribution in [0.3, 0.4) is 0 Å². The predicted molar refractivity (Wildman–Crippen MR) is 47.2 cm³/mol. The summed E-state index contributed by atoms with van der Waals surface area (Å²) in [7, 11) is -1.42. The van der Waals surface area contributed by atoms with E-state index in [1.54, 1.807) is 6.66 Å². The van der Waals surface area contributed by atoms with Crippen LogP contribution < -0.4 is 0 Å². The van der Waals surface area contributed by atoms with Crippen LogP contribution >= 0.6 is 18.4 Å². The van der Waals surface area contributed by atoms with Crippen LogP contribution in [-0.4, -0.2) is 6.66 Å². The molecule has 0 aliphatic rings. The second kappa shape index (κ2) is 3.85. The fourth-order valence-corrected chi connectivity index (χ4v) is 2.68. The molecule has 54 valence electrons. The van der Waals surface area contributed by atoms with Gasteiger partial charge in [-0.15, -0.1) is 0 Å². The topological polar surface area (TPSA) is 17.1 Å². The summed E-state index contributed by atoms with van der Waals surface area (Å²) in [6, 6.07) is 9.80. The van der Waals surface area contributed by atoms with Gasteiger partial charge in [0.15, 0.2) is 0 Å². The molecule has 1 aromatic rings. The first-order valence-electron chi connectivity index (χ1n) is 3.02. The fourth-order valence-electron chi connectivity index (χ4n) is 0.655. The maximum atomic E-state index is 10.8. The van der Waals surface area contributed by atoms with Crippen molar-refractivity contribution >= 4 is 18.4 Å². The number of hydrogen-bond acceptors (Lipinski definition) is 2. The molecule has 10 heavy (non-hydrogen) atoms. The standard InChI is InChI=1S/C7H9OPS/c1-9(8)10-7-5-3-2-4-6-7/h2-6,9H,1H3. The number of rotatable bonds is 2. The van der Waals surface area contributed by atoms with Gasteiger partial charge in [-0.25, -0.2) is 0 Å². The minimum Gasteiger partial charge on any atom is -0.315 e. The lowest BCUT2D eigenvalue weighted by atomic mass is 10.4. The van der Waals surface area contributed by atoms with Gasteiger partial charge in [0.25, 0.3) is 0 Å². The van der Waals surface area contributed by atoms with Crippen LogP contribution in [0.25, 0.3) is 0 Å². The fraction of sp³-hybridized carbons (Fsp3) is 0.143. The summed E-state index contributed by atoms with van der Waals surface area (Å²) in [5.74, 6) is 0. The molecule has 0 saturated carbocycles. The van der Waals surface area contributed by atoms with E-state index in [0.29, 0.717) is 0 Å². The minimum absolute atomic E-state index is 1.09. The number of hydrogen-bond donors (Lipinski definition) is 0. The Balaban J connectivity index is 2.67. The van der Waals surface area contributed by atoms with Crippen molar-refractivity contribution in [1.82, 2.24) is 0 Å². The highest BCUT2D eigenvalue weighted by atomic mass is 32.7. The first-order valence-corrected chi connectivity index (χ1v) is 6.47. The zero-order valence-corrected chi connectivity index (χ0v) is 7.52. The molecule has 0 heterocycles. The molecule has 0 bridgehead atoms. The molecule has 3 heteroatoms. The van der Waals surface area contributed by atoms with Crippen molar-refractivity contribution in [3.8, 4) is 0 Å². The highest BCUT2D eigenvalue weighted by Crippen LogP contribution is 2.39. The average molecular weight is 172 g/mol. The predicted octanol–water partition coefficient (Wildman–Crippen LogP) is 2.88. The Kier molecular flexibility index (Phi) is 3.04. The van der Waals surface area contributed by atoms with E-state index in [2.05, 4.69) is 0 Å². The molecule has 1 rings (SSSR count). The molecule has 0 amide bonds. The van der Waals surface area contributed by atoms with E-state index in [-0.39, 0.29) is 0 Å². The summed E-state index contributed by atoms with van der Waals surface area (Å²) >= 11 is 1.44. The molecule has 0 aromatic heterocycles. The van der Waals surface area contributed by atoms with Gasteiger partial charge in [-0.05, 0) is 18.8 Å². The van der Waals surface area contributed by atoms with Crippen LogP contribution in [-0.2, 0) is 4.57 Å². The third kappa shape index (κ3) is 2.59. The highest BCUT2D eigenvalue weighted by Gasteiger charge is 1.92. The van der Waals surface area contributed by atoms with Crippen molar-refractivity contribution in [2.24, 2.45) is 0 Å². The zero-order valence-electron chi connectivity index (χ0n) is 5.70. The average Bonchev–Trinajstić information content (AvgIpc) is 1.88. The summed E-state index contributed by atoms with van der Waals surface area (Å²) in [6.45, 7) is 1.75. The number of benzene rings is 1. The van der Waals surface area contributed by atoms with Gasteiger partial charge in [-0.3, -0.25) is 0 Å². The Labute approximate surface area is 65.4 Å². The Morgan fingerprint density at radius 3 is 2.40 bits per heavy atom. The van der Waals surface area contributed by atoms with Crippen LogP contribution in [0.4, 0.5) is 0 Å². The van der Waals surface area contributed by atoms with Crippen LogP contribution in [0, 0.1) is 0 Å². The summed E-state index contributed by atoms with van der Waals surface area (Å²) in [4.78, 5) is 1.09. The van der Waals surface area contributed by atoms with Gasteiger partial charge in [0.2, 0.25) is 0 Å². The Bertz CT molecular complexity index is 222. The van der Waals surface area contributed by atoms with Gasteiger partial charge in [0.1, 0.15) is 7.00 Å². The van der Waals surface area contributed by atoms with E-state index in [4.69, 9.17) is 0 Å². The van der Waals surface area contributed by atoms with Crippen LogP contribution in [0.1, 0.15) is 0 Å². The Morgan fingerprint density at radius 2 is 1.90 bits per heavy atom. The SMILES string of the molecule is C[PH](=O)Sc1ccccc1. The second-order valence-corrected chi connectivity index (χ2v) is 5.90. The molecule has 0 spiro atoms. The third-order valence-corrected chi connectivity index (χ3v) is 3.37. The van der Waals surface area contributed by atoms with Crippen molar-refractivity contribution in [3.05, 3.63) is 30.3 Å². The van der Waals surface area contributed by atoms with Crippen LogP contribution in [0.5, 0.6) is 0 Å². The summed E-state index contributed by atoms with van der Waals surface area (Å²) in [6.07, 6.45) is 0. The van der Waals surface area contributed by atoms with Gasteiger partial charge in [-0.1, -0.05) is 29.6 Å². The molecule has 0 radical (unpaired) electrons. The van der Waals surface area contributed by atoms with Gasteiger partial charge in [0.05, 0.1) is 0 Å². The highest BCUT2D eigenvalue weighted by molar-refractivity contribution is 8.51. The molecule has 0 N–H and O–H groups in total. The Hall–Kier alpha value is -0.200. The maximum absolute atomic E-state index is 10.8. The first-order chi connectivity index (χ1) is 4.79. The molecule has 0 aliphatic carbocycles. The largest absolute Gasteiger partial charge is 0.315 e. The lowest BCUT2D eigenvalue weighted by Crippen LogP contribution is -1.62. The molecule has 0 aliphatic heterocycles. The zero-order chi connectivity index (χ0) is 7.40. The second-order valence-electron chi connectivity index (χ2n) is 1.91. The third-order valence-electron chi connectivity index (χ3n) is 1.00. The molecule has 1 atom stereocenters. The molecule has 1 nitrogen and oxygen atoms in total. The molecular formula is C7H9OPS. The lowest BCUT2D eigenvalue weighted by Gasteiger charge is -1.94. The first kappa shape index (κ1) is 7.90. The van der Waals surface area contributed by atoms with E-state index < -0.39 is 7.00 Å². The van der Waals surface area contributed by atoms with Crippen molar-refractivity contribution in [3.63, 3.8) is 0 Å². The Morgan fingerprint density at radius 1 is 1.30 bits per heavy atom. The minimum atomic E-state index is -1.42. The molecule has 0 saturated heterocycles. The van der Waals surface area contributed by atoms with Gasteiger partial charge < -0.3 is 4.57 Å². The van der Waals surface area contributed by atoms with Crippen molar-refractivity contribution in [2.75, 3.05) is 6.66 Å². The van der Waals surface area contributed by atoms with Crippen molar-refractivity contribution in [2.45, 2.75) is 4.90 Å². The normalized spacial score (nSPS) is 12.9. The van der Waals surface area contributed by atoms with Crippen LogP contribution in [0.15, 0.2) is 35.2 Å². The van der Waals surface area contributed by atoms with Gasteiger partial charge >= 0.3 is 0 Å². The molecular weight excluding hydrogens is 163 g/mol.